The van der Waals surface area contributed by atoms with Crippen LogP contribution in [0.3, 0.4) is 0 Å². The van der Waals surface area contributed by atoms with Crippen LogP contribution >= 0.6 is 0 Å². The normalized spacial score (nSPS) is 11.8. The van der Waals surface area contributed by atoms with E-state index in [0.717, 1.165) is 26.2 Å². The van der Waals surface area contributed by atoms with Crippen LogP contribution in [0.4, 0.5) is 0 Å². The van der Waals surface area contributed by atoms with Gasteiger partial charge in [-0.1, -0.05) is 103 Å². The van der Waals surface area contributed by atoms with Crippen LogP contribution in [0.2, 0.25) is 0 Å². The van der Waals surface area contributed by atoms with E-state index in [1.165, 1.54) is 83.5 Å². The maximum atomic E-state index is 11.7. The summed E-state index contributed by atoms with van der Waals surface area (Å²) in [6.07, 6.45) is 18.7. The van der Waals surface area contributed by atoms with Crippen molar-refractivity contribution in [2.75, 3.05) is 6.54 Å². The molecule has 0 aliphatic heterocycles. The summed E-state index contributed by atoms with van der Waals surface area (Å²) in [5, 5.41) is 12.2. The lowest BCUT2D eigenvalue weighted by atomic mass is 10.0. The number of unbranched alkanes of at least 4 members (excludes halogenated alkanes) is 15. The zero-order chi connectivity index (χ0) is 22.5. The average Bonchev–Trinajstić information content (AvgIpc) is 2.69. The Morgan fingerprint density at radius 2 is 1.13 bits per heavy atom. The lowest BCUT2D eigenvalue weighted by molar-refractivity contribution is -0.160. The number of ether oxygens (including phenoxy) is 1. The van der Waals surface area contributed by atoms with E-state index >= 15 is 0 Å². The third kappa shape index (κ3) is 19.9. The Balaban J connectivity index is 3.33. The molecule has 1 amide bonds. The number of aliphatic hydroxyl groups excluding tert-OH is 1. The number of hydrogen-bond acceptors (Lipinski definition) is 5. The van der Waals surface area contributed by atoms with Gasteiger partial charge in [-0.2, -0.15) is 0 Å². The number of carbonyl (C=O) groups excluding carboxylic acids is 3. The molecule has 2 N–H and O–H groups in total. The van der Waals surface area contributed by atoms with Crippen molar-refractivity contribution in [3.8, 4) is 0 Å². The van der Waals surface area contributed by atoms with Crippen molar-refractivity contribution in [1.29, 1.82) is 0 Å². The van der Waals surface area contributed by atoms with Crippen molar-refractivity contribution in [1.82, 2.24) is 5.32 Å². The molecule has 0 aromatic carbocycles. The van der Waals surface area contributed by atoms with E-state index in [9.17, 15) is 19.5 Å². The van der Waals surface area contributed by atoms with Crippen molar-refractivity contribution in [2.24, 2.45) is 0 Å². The Morgan fingerprint density at radius 1 is 0.733 bits per heavy atom. The SMILES string of the molecule is CCCCCCCCCCCCCCCCCCNC(=O)C(O)CC(=O)OC(C)=O. The van der Waals surface area contributed by atoms with E-state index < -0.39 is 30.4 Å². The molecular weight excluding hydrogens is 382 g/mol. The van der Waals surface area contributed by atoms with Gasteiger partial charge in [-0.3, -0.25) is 14.4 Å². The average molecular weight is 428 g/mol. The zero-order valence-electron chi connectivity index (χ0n) is 19.4. The van der Waals surface area contributed by atoms with Crippen LogP contribution in [-0.4, -0.2) is 35.6 Å². The lowest BCUT2D eigenvalue weighted by Gasteiger charge is -2.10. The monoisotopic (exact) mass is 427 g/mol. The summed E-state index contributed by atoms with van der Waals surface area (Å²) >= 11 is 0. The summed E-state index contributed by atoms with van der Waals surface area (Å²) in [4.78, 5) is 33.5. The second-order valence-corrected chi connectivity index (χ2v) is 8.28. The van der Waals surface area contributed by atoms with Crippen LogP contribution in [0.25, 0.3) is 0 Å². The first-order chi connectivity index (χ1) is 14.5. The van der Waals surface area contributed by atoms with Gasteiger partial charge in [0, 0.05) is 13.5 Å². The molecule has 0 spiro atoms. The van der Waals surface area contributed by atoms with Crippen LogP contribution in [0.1, 0.15) is 123 Å². The first-order valence-electron chi connectivity index (χ1n) is 12.1. The minimum absolute atomic E-state index is 0.482. The molecule has 0 fully saturated rings. The highest BCUT2D eigenvalue weighted by Crippen LogP contribution is 2.13. The van der Waals surface area contributed by atoms with E-state index in [1.54, 1.807) is 0 Å². The summed E-state index contributed by atoms with van der Waals surface area (Å²) in [6.45, 7) is 3.84. The summed E-state index contributed by atoms with van der Waals surface area (Å²) in [5.74, 6) is -2.25. The maximum Gasteiger partial charge on any atom is 0.316 e. The topological polar surface area (TPSA) is 92.7 Å². The first-order valence-corrected chi connectivity index (χ1v) is 12.1. The molecule has 0 saturated heterocycles. The summed E-state index contributed by atoms with van der Waals surface area (Å²) < 4.78 is 4.29. The summed E-state index contributed by atoms with van der Waals surface area (Å²) in [6, 6.07) is 0. The van der Waals surface area contributed by atoms with Gasteiger partial charge < -0.3 is 15.2 Å². The second-order valence-electron chi connectivity index (χ2n) is 8.28. The van der Waals surface area contributed by atoms with Crippen molar-refractivity contribution < 1.29 is 24.2 Å². The molecule has 0 aliphatic carbocycles. The highest BCUT2D eigenvalue weighted by atomic mass is 16.6. The number of amides is 1. The molecule has 0 rings (SSSR count). The fourth-order valence-corrected chi connectivity index (χ4v) is 3.46. The molecular formula is C24H45NO5. The van der Waals surface area contributed by atoms with Gasteiger partial charge in [0.05, 0.1) is 6.42 Å². The Bertz CT molecular complexity index is 453. The Kier molecular flexibility index (Phi) is 19.8. The molecule has 6 nitrogen and oxygen atoms in total. The molecule has 0 aromatic rings. The Morgan fingerprint density at radius 3 is 1.53 bits per heavy atom. The smallest absolute Gasteiger partial charge is 0.316 e. The van der Waals surface area contributed by atoms with Crippen molar-refractivity contribution in [3.05, 3.63) is 0 Å². The quantitative estimate of drug-likeness (QED) is 0.158. The maximum absolute atomic E-state index is 11.7. The van der Waals surface area contributed by atoms with Crippen LogP contribution in [0.15, 0.2) is 0 Å². The summed E-state index contributed by atoms with van der Waals surface area (Å²) in [7, 11) is 0. The van der Waals surface area contributed by atoms with Crippen molar-refractivity contribution in [2.45, 2.75) is 129 Å². The van der Waals surface area contributed by atoms with Crippen LogP contribution in [-0.2, 0) is 19.1 Å². The van der Waals surface area contributed by atoms with Gasteiger partial charge in [0.1, 0.15) is 6.10 Å². The minimum atomic E-state index is -1.47. The molecule has 0 radical (unpaired) electrons. The zero-order valence-corrected chi connectivity index (χ0v) is 19.4. The molecule has 0 aromatic heterocycles. The van der Waals surface area contributed by atoms with E-state index in [4.69, 9.17) is 0 Å². The molecule has 6 heteroatoms. The number of hydrogen-bond donors (Lipinski definition) is 2. The van der Waals surface area contributed by atoms with Crippen molar-refractivity contribution in [3.63, 3.8) is 0 Å². The molecule has 0 aliphatic rings. The molecule has 1 unspecified atom stereocenters. The molecule has 0 heterocycles. The number of carbonyl (C=O) groups is 3. The Labute approximate surface area is 183 Å². The van der Waals surface area contributed by atoms with Crippen LogP contribution in [0.5, 0.6) is 0 Å². The second kappa shape index (κ2) is 20.8. The lowest BCUT2D eigenvalue weighted by Crippen LogP contribution is -2.36. The van der Waals surface area contributed by atoms with E-state index in [0.29, 0.717) is 6.54 Å². The fraction of sp³-hybridized carbons (Fsp3) is 0.875. The molecule has 0 saturated carbocycles. The molecule has 30 heavy (non-hydrogen) atoms. The Hall–Kier alpha value is -1.43. The van der Waals surface area contributed by atoms with Crippen LogP contribution < -0.4 is 5.32 Å². The van der Waals surface area contributed by atoms with E-state index in [-0.39, 0.29) is 0 Å². The predicted octanol–water partition coefficient (Wildman–Crippen LogP) is 5.20. The van der Waals surface area contributed by atoms with Crippen molar-refractivity contribution >= 4 is 17.8 Å². The predicted molar refractivity (Wildman–Crippen MR) is 120 cm³/mol. The third-order valence-corrected chi connectivity index (χ3v) is 5.25. The minimum Gasteiger partial charge on any atom is -0.393 e. The number of nitrogens with one attached hydrogen (secondary N) is 1. The number of esters is 2. The van der Waals surface area contributed by atoms with Crippen LogP contribution in [0, 0.1) is 0 Å². The van der Waals surface area contributed by atoms with Gasteiger partial charge in [-0.25, -0.2) is 0 Å². The number of aliphatic hydroxyl groups is 1. The highest BCUT2D eigenvalue weighted by Gasteiger charge is 2.20. The van der Waals surface area contributed by atoms with E-state index in [2.05, 4.69) is 17.0 Å². The molecule has 1 atom stereocenters. The van der Waals surface area contributed by atoms with Gasteiger partial charge in [-0.15, -0.1) is 0 Å². The highest BCUT2D eigenvalue weighted by molar-refractivity contribution is 5.89. The van der Waals surface area contributed by atoms with Gasteiger partial charge in [0.2, 0.25) is 5.91 Å². The van der Waals surface area contributed by atoms with Gasteiger partial charge in [0.15, 0.2) is 0 Å². The standard InChI is InChI=1S/C24H45NO5/c1-3-4-5-6-7-8-9-10-11-12-13-14-15-16-17-18-19-25-24(29)22(27)20-23(28)30-21(2)26/h22,27H,3-20H2,1-2H3,(H,25,29). The van der Waals surface area contributed by atoms with Gasteiger partial charge >= 0.3 is 11.9 Å². The molecule has 176 valence electrons. The van der Waals surface area contributed by atoms with Gasteiger partial charge in [0.25, 0.3) is 0 Å². The van der Waals surface area contributed by atoms with E-state index in [1.807, 2.05) is 0 Å². The largest absolute Gasteiger partial charge is 0.393 e. The first kappa shape index (κ1) is 28.6. The van der Waals surface area contributed by atoms with Gasteiger partial charge in [-0.05, 0) is 6.42 Å². The third-order valence-electron chi connectivity index (χ3n) is 5.25. The summed E-state index contributed by atoms with van der Waals surface area (Å²) in [5.41, 5.74) is 0. The fourth-order valence-electron chi connectivity index (χ4n) is 3.46. The number of rotatable bonds is 20. The molecule has 0 bridgehead atoms.